The SMILES string of the molecule is CC(C)Cn1c(SCCOc2ccc(Cl)cc2Cl)nc2ccccc2c1=O. The van der Waals surface area contributed by atoms with Crippen LogP contribution in [0.15, 0.2) is 52.4 Å². The van der Waals surface area contributed by atoms with E-state index < -0.39 is 0 Å². The maximum Gasteiger partial charge on any atom is 0.262 e. The van der Waals surface area contributed by atoms with Crippen LogP contribution in [0.2, 0.25) is 10.0 Å². The molecule has 0 unspecified atom stereocenters. The molecular formula is C20H20Cl2N2O2S. The monoisotopic (exact) mass is 422 g/mol. The summed E-state index contributed by atoms with van der Waals surface area (Å²) in [5, 5.41) is 2.40. The third-order valence-electron chi connectivity index (χ3n) is 3.84. The summed E-state index contributed by atoms with van der Waals surface area (Å²) in [5.41, 5.74) is 0.713. The summed E-state index contributed by atoms with van der Waals surface area (Å²) in [6.45, 7) is 5.24. The van der Waals surface area contributed by atoms with Gasteiger partial charge in [0.15, 0.2) is 5.16 Å². The van der Waals surface area contributed by atoms with Crippen LogP contribution in [0, 0.1) is 5.92 Å². The van der Waals surface area contributed by atoms with Crippen molar-refractivity contribution in [2.45, 2.75) is 25.5 Å². The van der Waals surface area contributed by atoms with Gasteiger partial charge in [-0.15, -0.1) is 0 Å². The lowest BCUT2D eigenvalue weighted by Gasteiger charge is -2.15. The highest BCUT2D eigenvalue weighted by atomic mass is 35.5. The molecule has 0 N–H and O–H groups in total. The van der Waals surface area contributed by atoms with Crippen LogP contribution in [0.1, 0.15) is 13.8 Å². The van der Waals surface area contributed by atoms with Gasteiger partial charge < -0.3 is 4.74 Å². The highest BCUT2D eigenvalue weighted by Crippen LogP contribution is 2.28. The van der Waals surface area contributed by atoms with Crippen molar-refractivity contribution in [3.05, 3.63) is 62.9 Å². The number of hydrogen-bond donors (Lipinski definition) is 0. The third-order valence-corrected chi connectivity index (χ3v) is 5.31. The van der Waals surface area contributed by atoms with E-state index >= 15 is 0 Å². The quantitative estimate of drug-likeness (QED) is 0.285. The van der Waals surface area contributed by atoms with Gasteiger partial charge in [0.05, 0.1) is 22.5 Å². The van der Waals surface area contributed by atoms with Crippen LogP contribution in [0.3, 0.4) is 0 Å². The molecule has 0 amide bonds. The predicted octanol–water partition coefficient (Wildman–Crippen LogP) is 5.53. The van der Waals surface area contributed by atoms with Crippen molar-refractivity contribution in [1.29, 1.82) is 0 Å². The van der Waals surface area contributed by atoms with Crippen LogP contribution >= 0.6 is 35.0 Å². The lowest BCUT2D eigenvalue weighted by molar-refractivity contribution is 0.344. The van der Waals surface area contributed by atoms with Gasteiger partial charge in [-0.25, -0.2) is 4.98 Å². The smallest absolute Gasteiger partial charge is 0.262 e. The van der Waals surface area contributed by atoms with Crippen molar-refractivity contribution in [2.75, 3.05) is 12.4 Å². The number of aromatic nitrogens is 2. The maximum absolute atomic E-state index is 12.9. The molecular weight excluding hydrogens is 403 g/mol. The fourth-order valence-corrected chi connectivity index (χ4v) is 3.95. The molecule has 0 spiro atoms. The number of halogens is 2. The van der Waals surface area contributed by atoms with Gasteiger partial charge in [0.2, 0.25) is 0 Å². The first-order valence-corrected chi connectivity index (χ1v) is 10.4. The van der Waals surface area contributed by atoms with Crippen molar-refractivity contribution in [3.8, 4) is 5.75 Å². The summed E-state index contributed by atoms with van der Waals surface area (Å²) in [6.07, 6.45) is 0. The number of para-hydroxylation sites is 1. The van der Waals surface area contributed by atoms with Gasteiger partial charge in [-0.1, -0.05) is 60.9 Å². The Balaban J connectivity index is 1.76. The fraction of sp³-hybridized carbons (Fsp3) is 0.300. The van der Waals surface area contributed by atoms with Gasteiger partial charge in [0.25, 0.3) is 5.56 Å². The summed E-state index contributed by atoms with van der Waals surface area (Å²) in [7, 11) is 0. The largest absolute Gasteiger partial charge is 0.491 e. The summed E-state index contributed by atoms with van der Waals surface area (Å²) < 4.78 is 7.48. The molecule has 1 heterocycles. The van der Waals surface area contributed by atoms with Crippen LogP contribution in [0.4, 0.5) is 0 Å². The van der Waals surface area contributed by atoms with Crippen molar-refractivity contribution in [2.24, 2.45) is 5.92 Å². The number of thioether (sulfide) groups is 1. The van der Waals surface area contributed by atoms with E-state index in [1.807, 2.05) is 24.3 Å². The van der Waals surface area contributed by atoms with Gasteiger partial charge in [-0.05, 0) is 36.2 Å². The van der Waals surface area contributed by atoms with E-state index in [-0.39, 0.29) is 5.56 Å². The number of ether oxygens (including phenoxy) is 1. The van der Waals surface area contributed by atoms with Gasteiger partial charge in [0.1, 0.15) is 5.75 Å². The minimum atomic E-state index is -0.00142. The number of hydrogen-bond acceptors (Lipinski definition) is 4. The van der Waals surface area contributed by atoms with Gasteiger partial charge >= 0.3 is 0 Å². The summed E-state index contributed by atoms with van der Waals surface area (Å²) in [6, 6.07) is 12.6. The highest BCUT2D eigenvalue weighted by molar-refractivity contribution is 7.99. The molecule has 0 saturated heterocycles. The van der Waals surface area contributed by atoms with E-state index in [0.29, 0.717) is 56.7 Å². The molecule has 142 valence electrons. The van der Waals surface area contributed by atoms with Crippen LogP contribution in [-0.4, -0.2) is 21.9 Å². The Morgan fingerprint density at radius 2 is 1.96 bits per heavy atom. The maximum atomic E-state index is 12.9. The molecule has 27 heavy (non-hydrogen) atoms. The first-order valence-electron chi connectivity index (χ1n) is 8.66. The molecule has 4 nitrogen and oxygen atoms in total. The average molecular weight is 423 g/mol. The van der Waals surface area contributed by atoms with E-state index in [4.69, 9.17) is 27.9 Å². The molecule has 0 aliphatic carbocycles. The number of nitrogens with zero attached hydrogens (tertiary/aromatic N) is 2. The van der Waals surface area contributed by atoms with Crippen molar-refractivity contribution in [1.82, 2.24) is 9.55 Å². The topological polar surface area (TPSA) is 44.1 Å². The second-order valence-corrected chi connectivity index (χ2v) is 8.40. The van der Waals surface area contributed by atoms with E-state index in [2.05, 4.69) is 18.8 Å². The van der Waals surface area contributed by atoms with Crippen LogP contribution in [-0.2, 0) is 6.54 Å². The fourth-order valence-electron chi connectivity index (χ4n) is 2.66. The minimum Gasteiger partial charge on any atom is -0.491 e. The summed E-state index contributed by atoms with van der Waals surface area (Å²) in [5.74, 6) is 1.57. The van der Waals surface area contributed by atoms with Crippen molar-refractivity contribution in [3.63, 3.8) is 0 Å². The molecule has 0 bridgehead atoms. The van der Waals surface area contributed by atoms with Crippen molar-refractivity contribution >= 4 is 45.9 Å². The number of rotatable bonds is 7. The first kappa shape index (κ1) is 20.1. The molecule has 7 heteroatoms. The average Bonchev–Trinajstić information content (AvgIpc) is 2.63. The molecule has 3 rings (SSSR count). The zero-order valence-electron chi connectivity index (χ0n) is 15.1. The Labute approximate surface area is 172 Å². The second-order valence-electron chi connectivity index (χ2n) is 6.49. The Morgan fingerprint density at radius 3 is 2.70 bits per heavy atom. The summed E-state index contributed by atoms with van der Waals surface area (Å²) >= 11 is 13.5. The highest BCUT2D eigenvalue weighted by Gasteiger charge is 2.12. The molecule has 0 saturated carbocycles. The van der Waals surface area contributed by atoms with E-state index in [1.54, 1.807) is 22.8 Å². The zero-order valence-corrected chi connectivity index (χ0v) is 17.4. The van der Waals surface area contributed by atoms with E-state index in [9.17, 15) is 4.79 Å². The Morgan fingerprint density at radius 1 is 1.19 bits per heavy atom. The Hall–Kier alpha value is -1.69. The minimum absolute atomic E-state index is 0.00142. The second kappa shape index (κ2) is 9.00. The summed E-state index contributed by atoms with van der Waals surface area (Å²) in [4.78, 5) is 17.6. The zero-order chi connectivity index (χ0) is 19.4. The lowest BCUT2D eigenvalue weighted by Crippen LogP contribution is -2.25. The Bertz CT molecular complexity index is 1000. The molecule has 3 aromatic rings. The molecule has 1 aromatic heterocycles. The van der Waals surface area contributed by atoms with Gasteiger partial charge in [-0.2, -0.15) is 0 Å². The predicted molar refractivity (Wildman–Crippen MR) is 114 cm³/mol. The Kier molecular flexibility index (Phi) is 6.68. The van der Waals surface area contributed by atoms with E-state index in [1.165, 1.54) is 11.8 Å². The first-order chi connectivity index (χ1) is 13.0. The molecule has 0 atom stereocenters. The van der Waals surface area contributed by atoms with Gasteiger partial charge in [0, 0.05) is 17.3 Å². The standard InChI is InChI=1S/C20H20Cl2N2O2S/c1-13(2)12-24-19(25)15-5-3-4-6-17(15)23-20(24)27-10-9-26-18-8-7-14(21)11-16(18)22/h3-8,11,13H,9-10,12H2,1-2H3. The third kappa shape index (κ3) is 4.98. The molecule has 2 aromatic carbocycles. The molecule has 0 aliphatic heterocycles. The lowest BCUT2D eigenvalue weighted by atomic mass is 10.2. The van der Waals surface area contributed by atoms with Crippen LogP contribution < -0.4 is 10.3 Å². The van der Waals surface area contributed by atoms with E-state index in [0.717, 1.165) is 0 Å². The molecule has 0 fully saturated rings. The van der Waals surface area contributed by atoms with Crippen LogP contribution in [0.25, 0.3) is 10.9 Å². The molecule has 0 radical (unpaired) electrons. The molecule has 0 aliphatic rings. The van der Waals surface area contributed by atoms with Crippen LogP contribution in [0.5, 0.6) is 5.75 Å². The van der Waals surface area contributed by atoms with Crippen molar-refractivity contribution < 1.29 is 4.74 Å². The number of benzene rings is 2. The normalized spacial score (nSPS) is 11.3. The van der Waals surface area contributed by atoms with Gasteiger partial charge in [-0.3, -0.25) is 9.36 Å². The number of fused-ring (bicyclic) bond motifs is 1.